The number of anilines is 1. The van der Waals surface area contributed by atoms with E-state index in [9.17, 15) is 0 Å². The Kier molecular flexibility index (Phi) is 4.66. The molecule has 1 aliphatic heterocycles. The summed E-state index contributed by atoms with van der Waals surface area (Å²) < 4.78 is 7.34. The van der Waals surface area contributed by atoms with Crippen molar-refractivity contribution in [2.75, 3.05) is 25.5 Å². The number of fused-ring (bicyclic) bond motifs is 1. The predicted molar refractivity (Wildman–Crippen MR) is 97.7 cm³/mol. The summed E-state index contributed by atoms with van der Waals surface area (Å²) in [6, 6.07) is 3.91. The van der Waals surface area contributed by atoms with Gasteiger partial charge in [-0.3, -0.25) is 4.68 Å². The minimum absolute atomic E-state index is 0.154. The Balaban J connectivity index is 1.66. The third-order valence-electron chi connectivity index (χ3n) is 4.62. The summed E-state index contributed by atoms with van der Waals surface area (Å²) in [5.41, 5.74) is 2.31. The summed E-state index contributed by atoms with van der Waals surface area (Å²) >= 11 is 0. The molecule has 0 radical (unpaired) electrons. The minimum Gasteiger partial charge on any atom is -0.461 e. The standard InChI is InChI=1S/C18H23N7O/c1-13(10-25-12-19-11-20-25)21-17-14-5-7-24(2)8-6-15(14)22-18(23-17)16-4-3-9-26-16/h3-4,9,11-13H,5-8,10H2,1-2H3,(H,21,22,23). The molecule has 4 heterocycles. The van der Waals surface area contributed by atoms with Crippen molar-refractivity contribution < 1.29 is 4.42 Å². The van der Waals surface area contributed by atoms with E-state index in [1.807, 2.05) is 16.8 Å². The molecule has 0 saturated carbocycles. The Labute approximate surface area is 152 Å². The zero-order valence-electron chi connectivity index (χ0n) is 15.1. The highest BCUT2D eigenvalue weighted by atomic mass is 16.3. The van der Waals surface area contributed by atoms with Gasteiger partial charge in [0.15, 0.2) is 11.6 Å². The Morgan fingerprint density at radius 2 is 2.15 bits per heavy atom. The zero-order valence-corrected chi connectivity index (χ0v) is 15.1. The first-order valence-corrected chi connectivity index (χ1v) is 8.90. The van der Waals surface area contributed by atoms with Crippen molar-refractivity contribution in [2.24, 2.45) is 0 Å². The maximum atomic E-state index is 5.52. The van der Waals surface area contributed by atoms with Crippen molar-refractivity contribution in [1.29, 1.82) is 0 Å². The molecule has 1 atom stereocenters. The Morgan fingerprint density at radius 1 is 1.27 bits per heavy atom. The van der Waals surface area contributed by atoms with Crippen molar-refractivity contribution in [2.45, 2.75) is 32.4 Å². The van der Waals surface area contributed by atoms with Crippen LogP contribution in [0.5, 0.6) is 0 Å². The monoisotopic (exact) mass is 353 g/mol. The summed E-state index contributed by atoms with van der Waals surface area (Å²) in [4.78, 5) is 15.9. The van der Waals surface area contributed by atoms with Gasteiger partial charge in [-0.25, -0.2) is 15.0 Å². The molecule has 0 fully saturated rings. The van der Waals surface area contributed by atoms with E-state index < -0.39 is 0 Å². The van der Waals surface area contributed by atoms with Gasteiger partial charge < -0.3 is 14.6 Å². The van der Waals surface area contributed by atoms with Gasteiger partial charge in [-0.15, -0.1) is 0 Å². The minimum atomic E-state index is 0.154. The van der Waals surface area contributed by atoms with Crippen LogP contribution in [0.4, 0.5) is 5.82 Å². The molecule has 26 heavy (non-hydrogen) atoms. The van der Waals surface area contributed by atoms with Gasteiger partial charge in [0.1, 0.15) is 18.5 Å². The fourth-order valence-electron chi connectivity index (χ4n) is 3.23. The fraction of sp³-hybridized carbons (Fsp3) is 0.444. The second kappa shape index (κ2) is 7.25. The molecule has 0 aliphatic carbocycles. The molecular formula is C18H23N7O. The van der Waals surface area contributed by atoms with E-state index in [4.69, 9.17) is 14.4 Å². The van der Waals surface area contributed by atoms with Gasteiger partial charge in [0.2, 0.25) is 0 Å². The number of nitrogens with one attached hydrogen (secondary N) is 1. The number of hydrogen-bond donors (Lipinski definition) is 1. The second-order valence-electron chi connectivity index (χ2n) is 6.76. The normalized spacial score (nSPS) is 16.1. The van der Waals surface area contributed by atoms with Gasteiger partial charge in [-0.2, -0.15) is 5.10 Å². The highest BCUT2D eigenvalue weighted by Gasteiger charge is 2.21. The molecule has 0 bridgehead atoms. The number of likely N-dealkylation sites (N-methyl/N-ethyl adjacent to an activating group) is 1. The van der Waals surface area contributed by atoms with Gasteiger partial charge in [-0.05, 0) is 32.5 Å². The van der Waals surface area contributed by atoms with Crippen molar-refractivity contribution in [3.8, 4) is 11.6 Å². The Morgan fingerprint density at radius 3 is 2.92 bits per heavy atom. The molecule has 0 amide bonds. The topological polar surface area (TPSA) is 84.9 Å². The number of rotatable bonds is 5. The third kappa shape index (κ3) is 3.60. The number of aromatic nitrogens is 5. The molecule has 8 heteroatoms. The average molecular weight is 353 g/mol. The summed E-state index contributed by atoms with van der Waals surface area (Å²) in [5.74, 6) is 2.22. The van der Waals surface area contributed by atoms with Gasteiger partial charge >= 0.3 is 0 Å². The van der Waals surface area contributed by atoms with E-state index in [2.05, 4.69) is 34.3 Å². The smallest absolute Gasteiger partial charge is 0.197 e. The molecule has 0 spiro atoms. The zero-order chi connectivity index (χ0) is 17.9. The first kappa shape index (κ1) is 16.7. The molecule has 136 valence electrons. The van der Waals surface area contributed by atoms with Crippen LogP contribution in [0.2, 0.25) is 0 Å². The SMILES string of the molecule is CC(Cn1cncn1)Nc1nc(-c2ccco2)nc2c1CCN(C)CC2. The van der Waals surface area contributed by atoms with Crippen LogP contribution in [0.15, 0.2) is 35.5 Å². The van der Waals surface area contributed by atoms with Gasteiger partial charge in [-0.1, -0.05) is 0 Å². The maximum absolute atomic E-state index is 5.52. The van der Waals surface area contributed by atoms with Crippen LogP contribution in [0.3, 0.4) is 0 Å². The molecule has 1 aliphatic rings. The quantitative estimate of drug-likeness (QED) is 0.749. The third-order valence-corrected chi connectivity index (χ3v) is 4.62. The molecule has 0 saturated heterocycles. The molecule has 3 aromatic rings. The molecule has 0 aromatic carbocycles. The van der Waals surface area contributed by atoms with E-state index in [-0.39, 0.29) is 6.04 Å². The summed E-state index contributed by atoms with van der Waals surface area (Å²) in [6.07, 6.45) is 6.77. The highest BCUT2D eigenvalue weighted by molar-refractivity contribution is 5.56. The average Bonchev–Trinajstić information content (AvgIpc) is 3.29. The van der Waals surface area contributed by atoms with Crippen LogP contribution in [-0.2, 0) is 19.4 Å². The summed E-state index contributed by atoms with van der Waals surface area (Å²) in [5, 5.41) is 7.73. The molecule has 8 nitrogen and oxygen atoms in total. The van der Waals surface area contributed by atoms with E-state index in [1.54, 1.807) is 18.9 Å². The van der Waals surface area contributed by atoms with Crippen molar-refractivity contribution >= 4 is 5.82 Å². The second-order valence-corrected chi connectivity index (χ2v) is 6.76. The first-order chi connectivity index (χ1) is 12.7. The Hall–Kier alpha value is -2.74. The van der Waals surface area contributed by atoms with Gasteiger partial charge in [0, 0.05) is 31.1 Å². The highest BCUT2D eigenvalue weighted by Crippen LogP contribution is 2.26. The van der Waals surface area contributed by atoms with Crippen LogP contribution in [0, 0.1) is 0 Å². The first-order valence-electron chi connectivity index (χ1n) is 8.90. The number of furan rings is 1. The summed E-state index contributed by atoms with van der Waals surface area (Å²) in [7, 11) is 2.15. The lowest BCUT2D eigenvalue weighted by Crippen LogP contribution is -2.24. The van der Waals surface area contributed by atoms with E-state index in [1.165, 1.54) is 5.56 Å². The van der Waals surface area contributed by atoms with E-state index >= 15 is 0 Å². The van der Waals surface area contributed by atoms with Crippen molar-refractivity contribution in [3.05, 3.63) is 42.3 Å². The molecule has 4 rings (SSSR count). The van der Waals surface area contributed by atoms with Gasteiger partial charge in [0.25, 0.3) is 0 Å². The van der Waals surface area contributed by atoms with E-state index in [0.717, 1.165) is 44.0 Å². The molecule has 1 N–H and O–H groups in total. The number of hydrogen-bond acceptors (Lipinski definition) is 7. The van der Waals surface area contributed by atoms with Crippen LogP contribution < -0.4 is 5.32 Å². The van der Waals surface area contributed by atoms with Crippen LogP contribution >= 0.6 is 0 Å². The van der Waals surface area contributed by atoms with Crippen LogP contribution in [0.1, 0.15) is 18.2 Å². The Bertz CT molecular complexity index is 845. The summed E-state index contributed by atoms with van der Waals surface area (Å²) in [6.45, 7) is 4.83. The lowest BCUT2D eigenvalue weighted by atomic mass is 10.1. The largest absolute Gasteiger partial charge is 0.461 e. The lowest BCUT2D eigenvalue weighted by Gasteiger charge is -2.19. The lowest BCUT2D eigenvalue weighted by molar-refractivity contribution is 0.352. The van der Waals surface area contributed by atoms with Crippen molar-refractivity contribution in [1.82, 2.24) is 29.6 Å². The molecular weight excluding hydrogens is 330 g/mol. The molecule has 3 aromatic heterocycles. The predicted octanol–water partition coefficient (Wildman–Crippen LogP) is 1.86. The maximum Gasteiger partial charge on any atom is 0.197 e. The van der Waals surface area contributed by atoms with Gasteiger partial charge in [0.05, 0.1) is 18.5 Å². The molecule has 1 unspecified atom stereocenters. The van der Waals surface area contributed by atoms with Crippen LogP contribution in [-0.4, -0.2) is 55.8 Å². The van der Waals surface area contributed by atoms with E-state index in [0.29, 0.717) is 11.6 Å². The van der Waals surface area contributed by atoms with Crippen LogP contribution in [0.25, 0.3) is 11.6 Å². The fourth-order valence-corrected chi connectivity index (χ4v) is 3.23. The van der Waals surface area contributed by atoms with Crippen molar-refractivity contribution in [3.63, 3.8) is 0 Å². The number of nitrogens with zero attached hydrogens (tertiary/aromatic N) is 6.